The lowest BCUT2D eigenvalue weighted by Crippen LogP contribution is -2.32. The number of rotatable bonds is 9. The molecule has 1 aromatic heterocycles. The maximum Gasteiger partial charge on any atom is 0.305 e. The fraction of sp³-hybridized carbons (Fsp3) is 0.346. The van der Waals surface area contributed by atoms with Gasteiger partial charge in [-0.2, -0.15) is 9.78 Å². The predicted molar refractivity (Wildman–Crippen MR) is 128 cm³/mol. The number of nitrogens with zero attached hydrogens (tertiary/aromatic N) is 2. The molecule has 0 saturated carbocycles. The summed E-state index contributed by atoms with van der Waals surface area (Å²) in [4.78, 5) is 24.5. The van der Waals surface area contributed by atoms with Crippen LogP contribution in [0, 0.1) is 18.2 Å². The Bertz CT molecular complexity index is 1180. The van der Waals surface area contributed by atoms with Gasteiger partial charge in [-0.05, 0) is 30.0 Å². The van der Waals surface area contributed by atoms with Crippen LogP contribution in [0.1, 0.15) is 54.8 Å². The van der Waals surface area contributed by atoms with Crippen molar-refractivity contribution >= 4 is 11.9 Å². The molecule has 0 spiro atoms. The van der Waals surface area contributed by atoms with Crippen molar-refractivity contribution in [3.8, 4) is 11.6 Å². The molecule has 0 unspecified atom stereocenters. The Morgan fingerprint density at radius 3 is 2.40 bits per heavy atom. The Hall–Kier alpha value is -3.72. The Kier molecular flexibility index (Phi) is 7.91. The van der Waals surface area contributed by atoms with Crippen molar-refractivity contribution in [2.24, 2.45) is 5.41 Å². The normalized spacial score (nSPS) is 13.2. The average molecular weight is 484 g/mol. The molecule has 2 atom stereocenters. The van der Waals surface area contributed by atoms with Gasteiger partial charge in [0.25, 0.3) is 5.91 Å². The molecule has 186 valence electrons. The Labute approximate surface area is 203 Å². The molecule has 3 rings (SSSR count). The molecule has 3 aromatic rings. The minimum Gasteiger partial charge on any atom is -0.481 e. The van der Waals surface area contributed by atoms with Crippen molar-refractivity contribution in [3.63, 3.8) is 0 Å². The number of carbonyl (C=O) groups is 2. The van der Waals surface area contributed by atoms with Gasteiger partial charge in [0.2, 0.25) is 5.88 Å². The first-order chi connectivity index (χ1) is 16.5. The number of aryl methyl sites for hydroxylation is 1. The number of carbonyl (C=O) groups excluding carboxylic acids is 1. The average Bonchev–Trinajstić information content (AvgIpc) is 3.21. The van der Waals surface area contributed by atoms with Crippen LogP contribution in [0.5, 0.6) is 5.88 Å². The number of aromatic nitrogens is 2. The molecule has 1 amide bonds. The molecule has 8 nitrogen and oxygen atoms in total. The number of hydrogen-bond acceptors (Lipinski definition) is 5. The van der Waals surface area contributed by atoms with Gasteiger partial charge in [-0.15, -0.1) is 0 Å². The molecule has 0 radical (unpaired) electrons. The van der Waals surface area contributed by atoms with Crippen molar-refractivity contribution in [2.45, 2.75) is 46.3 Å². The van der Waals surface area contributed by atoms with E-state index >= 15 is 0 Å². The Morgan fingerprint density at radius 2 is 1.80 bits per heavy atom. The van der Waals surface area contributed by atoms with Crippen LogP contribution in [-0.2, 0) is 4.79 Å². The number of carboxylic acid groups (broad SMARTS) is 1. The summed E-state index contributed by atoms with van der Waals surface area (Å²) in [6, 6.07) is 13.6. The van der Waals surface area contributed by atoms with Gasteiger partial charge in [-0.1, -0.05) is 62.7 Å². The number of halogens is 1. The highest BCUT2D eigenvalue weighted by Gasteiger charge is 2.26. The number of amides is 1. The lowest BCUT2D eigenvalue weighted by Gasteiger charge is -2.25. The lowest BCUT2D eigenvalue weighted by molar-refractivity contribution is -0.137. The summed E-state index contributed by atoms with van der Waals surface area (Å²) in [5.74, 6) is -2.23. The quantitative estimate of drug-likeness (QED) is 0.423. The van der Waals surface area contributed by atoms with Crippen LogP contribution in [0.3, 0.4) is 0 Å². The summed E-state index contributed by atoms with van der Waals surface area (Å²) in [6.07, 6.45) is -1.16. The fourth-order valence-electron chi connectivity index (χ4n) is 3.25. The van der Waals surface area contributed by atoms with Crippen molar-refractivity contribution in [3.05, 3.63) is 77.2 Å². The number of carboxylic acids is 1. The van der Waals surface area contributed by atoms with Gasteiger partial charge < -0.3 is 20.3 Å². The number of ether oxygens (including phenoxy) is 1. The van der Waals surface area contributed by atoms with Crippen LogP contribution in [0.2, 0.25) is 0 Å². The van der Waals surface area contributed by atoms with Crippen molar-refractivity contribution < 1.29 is 28.9 Å². The highest BCUT2D eigenvalue weighted by atomic mass is 19.1. The highest BCUT2D eigenvalue weighted by Crippen LogP contribution is 2.25. The zero-order valence-corrected chi connectivity index (χ0v) is 20.2. The van der Waals surface area contributed by atoms with Gasteiger partial charge in [-0.25, -0.2) is 4.39 Å². The molecule has 0 bridgehead atoms. The van der Waals surface area contributed by atoms with E-state index in [2.05, 4.69) is 10.4 Å². The molecule has 0 fully saturated rings. The van der Waals surface area contributed by atoms with Gasteiger partial charge in [-0.3, -0.25) is 9.59 Å². The maximum absolute atomic E-state index is 14.5. The number of para-hydroxylation sites is 1. The molecular formula is C26H30FN3O5. The first-order valence-corrected chi connectivity index (χ1v) is 11.2. The zero-order valence-electron chi connectivity index (χ0n) is 20.2. The molecule has 0 aliphatic heterocycles. The van der Waals surface area contributed by atoms with E-state index in [-0.39, 0.29) is 30.3 Å². The number of aliphatic hydroxyl groups excluding tert-OH is 1. The molecule has 9 heteroatoms. The number of nitrogens with one attached hydrogen (secondary N) is 1. The maximum atomic E-state index is 14.5. The van der Waals surface area contributed by atoms with Gasteiger partial charge in [0, 0.05) is 6.07 Å². The second kappa shape index (κ2) is 10.7. The van der Waals surface area contributed by atoms with Crippen molar-refractivity contribution in [2.75, 3.05) is 6.61 Å². The molecular weight excluding hydrogens is 453 g/mol. The van der Waals surface area contributed by atoms with Crippen LogP contribution in [0.4, 0.5) is 4.39 Å². The molecule has 0 aliphatic carbocycles. The van der Waals surface area contributed by atoms with Crippen LogP contribution >= 0.6 is 0 Å². The second-order valence-electron chi connectivity index (χ2n) is 9.46. The summed E-state index contributed by atoms with van der Waals surface area (Å²) in [7, 11) is 0. The summed E-state index contributed by atoms with van der Waals surface area (Å²) >= 11 is 0. The Morgan fingerprint density at radius 1 is 1.14 bits per heavy atom. The minimum atomic E-state index is -1.08. The van der Waals surface area contributed by atoms with E-state index in [0.29, 0.717) is 5.56 Å². The molecule has 0 saturated heterocycles. The monoisotopic (exact) mass is 483 g/mol. The van der Waals surface area contributed by atoms with E-state index in [1.165, 1.54) is 24.3 Å². The number of aliphatic carboxylic acids is 1. The van der Waals surface area contributed by atoms with Crippen LogP contribution in [0.25, 0.3) is 5.69 Å². The van der Waals surface area contributed by atoms with E-state index in [9.17, 15) is 24.2 Å². The minimum absolute atomic E-state index is 0.0624. The van der Waals surface area contributed by atoms with E-state index in [1.807, 2.05) is 39.8 Å². The van der Waals surface area contributed by atoms with Crippen molar-refractivity contribution in [1.29, 1.82) is 0 Å². The van der Waals surface area contributed by atoms with Gasteiger partial charge in [0.1, 0.15) is 18.1 Å². The number of benzene rings is 2. The smallest absolute Gasteiger partial charge is 0.305 e. The van der Waals surface area contributed by atoms with Gasteiger partial charge in [0.05, 0.1) is 18.6 Å². The first kappa shape index (κ1) is 25.9. The zero-order chi connectivity index (χ0) is 25.8. The summed E-state index contributed by atoms with van der Waals surface area (Å²) in [5.41, 5.74) is 1.14. The van der Waals surface area contributed by atoms with Crippen LogP contribution in [0.15, 0.2) is 54.6 Å². The third-order valence-corrected chi connectivity index (χ3v) is 5.54. The molecule has 0 aliphatic rings. The van der Waals surface area contributed by atoms with Crippen LogP contribution < -0.4 is 10.1 Å². The fourth-order valence-corrected chi connectivity index (χ4v) is 3.25. The lowest BCUT2D eigenvalue weighted by atomic mass is 9.90. The molecule has 35 heavy (non-hydrogen) atoms. The number of hydrogen-bond donors (Lipinski definition) is 3. The highest BCUT2D eigenvalue weighted by molar-refractivity contribution is 5.93. The van der Waals surface area contributed by atoms with Gasteiger partial charge >= 0.3 is 5.97 Å². The SMILES string of the molecule is Cc1ccc([C@H](CC(=O)O)NC(=O)c2cc(OC[C@H](O)C(C)(C)C)n(-c3ccccc3F)n2)cc1. The largest absolute Gasteiger partial charge is 0.481 e. The van der Waals surface area contributed by atoms with Gasteiger partial charge in [0.15, 0.2) is 5.69 Å². The second-order valence-corrected chi connectivity index (χ2v) is 9.46. The number of aliphatic hydroxyl groups is 1. The predicted octanol–water partition coefficient (Wildman–Crippen LogP) is 4.05. The van der Waals surface area contributed by atoms with E-state index < -0.39 is 35.3 Å². The molecule has 1 heterocycles. The molecule has 2 aromatic carbocycles. The Balaban J connectivity index is 1.92. The van der Waals surface area contributed by atoms with E-state index in [0.717, 1.165) is 10.2 Å². The topological polar surface area (TPSA) is 114 Å². The summed E-state index contributed by atoms with van der Waals surface area (Å²) < 4.78 is 21.4. The summed E-state index contributed by atoms with van der Waals surface area (Å²) in [6.45, 7) is 7.35. The summed E-state index contributed by atoms with van der Waals surface area (Å²) in [5, 5.41) is 26.6. The third-order valence-electron chi connectivity index (χ3n) is 5.54. The molecule has 3 N–H and O–H groups in total. The van der Waals surface area contributed by atoms with E-state index in [4.69, 9.17) is 4.74 Å². The van der Waals surface area contributed by atoms with Crippen molar-refractivity contribution in [1.82, 2.24) is 15.1 Å². The first-order valence-electron chi connectivity index (χ1n) is 11.2. The third kappa shape index (κ3) is 6.66. The van der Waals surface area contributed by atoms with E-state index in [1.54, 1.807) is 18.2 Å². The standard InChI is InChI=1S/C26H30FN3O5/c1-16-9-11-17(12-10-16)19(14-24(32)33)28-25(34)20-13-23(35-15-22(31)26(2,3)4)30(29-20)21-8-6-5-7-18(21)27/h5-13,19,22,31H,14-15H2,1-4H3,(H,28,34)(H,32,33)/t19-,22-/m0/s1. The van der Waals surface area contributed by atoms with Crippen LogP contribution in [-0.4, -0.2) is 44.6 Å².